The van der Waals surface area contributed by atoms with E-state index in [1.165, 1.54) is 8.61 Å². The minimum atomic E-state index is -4.12. The zero-order chi connectivity index (χ0) is 38.0. The van der Waals surface area contributed by atoms with Gasteiger partial charge in [0.2, 0.25) is 0 Å². The molecule has 6 nitrogen and oxygen atoms in total. The second-order valence-corrected chi connectivity index (χ2v) is 20.4. The van der Waals surface area contributed by atoms with Crippen LogP contribution in [0.4, 0.5) is 11.4 Å². The quantitative estimate of drug-likeness (QED) is 0.175. The van der Waals surface area contributed by atoms with E-state index in [1.54, 1.807) is 72.1 Å². The number of fused-ring (bicyclic) bond motifs is 4. The second-order valence-electron chi connectivity index (χ2n) is 13.0. The molecule has 0 spiro atoms. The Bertz CT molecular complexity index is 2370. The molecule has 0 N–H and O–H groups in total. The summed E-state index contributed by atoms with van der Waals surface area (Å²) in [6.07, 6.45) is 0. The summed E-state index contributed by atoms with van der Waals surface area (Å²) in [6.45, 7) is 3.73. The molecule has 54 heavy (non-hydrogen) atoms. The summed E-state index contributed by atoms with van der Waals surface area (Å²) < 4.78 is 63.7. The van der Waals surface area contributed by atoms with E-state index in [4.69, 9.17) is 0 Å². The summed E-state index contributed by atoms with van der Waals surface area (Å²) in [5, 5.41) is 0. The van der Waals surface area contributed by atoms with Crippen LogP contribution in [-0.2, 0) is 44.6 Å². The lowest BCUT2D eigenvalue weighted by Crippen LogP contribution is -2.34. The zero-order valence-electron chi connectivity index (χ0n) is 29.4. The van der Waals surface area contributed by atoms with Crippen LogP contribution >= 0.6 is 55.4 Å². The number of hydrogen-bond donors (Lipinski definition) is 0. The average molecular weight is 921 g/mol. The third-order valence-electron chi connectivity index (χ3n) is 9.24. The minimum Gasteiger partial charge on any atom is -0.261 e. The van der Waals surface area contributed by atoms with Gasteiger partial charge in [-0.15, -0.1) is 23.5 Å². The fourth-order valence-corrected chi connectivity index (χ4v) is 12.2. The van der Waals surface area contributed by atoms with Crippen LogP contribution in [0.2, 0.25) is 0 Å². The first-order valence-electron chi connectivity index (χ1n) is 17.1. The number of thioether (sulfide) groups is 2. The lowest BCUT2D eigenvalue weighted by atomic mass is 10.1. The Hall–Kier alpha value is -3.52. The number of hydrogen-bond acceptors (Lipinski definition) is 6. The number of rotatable bonds is 4. The van der Waals surface area contributed by atoms with E-state index in [1.807, 2.05) is 86.6 Å². The van der Waals surface area contributed by atoms with Gasteiger partial charge >= 0.3 is 0 Å². The summed E-state index contributed by atoms with van der Waals surface area (Å²) in [4.78, 5) is 1.96. The van der Waals surface area contributed by atoms with Gasteiger partial charge in [0.25, 0.3) is 20.0 Å². The average Bonchev–Trinajstić information content (AvgIpc) is 3.16. The predicted molar refractivity (Wildman–Crippen MR) is 229 cm³/mol. The smallest absolute Gasteiger partial charge is 0.261 e. The van der Waals surface area contributed by atoms with E-state index in [0.29, 0.717) is 43.0 Å². The van der Waals surface area contributed by atoms with Crippen LogP contribution in [0.3, 0.4) is 0 Å². The molecule has 0 aliphatic carbocycles. The van der Waals surface area contributed by atoms with Crippen molar-refractivity contribution in [3.8, 4) is 0 Å². The van der Waals surface area contributed by atoms with Crippen molar-refractivity contribution >= 4 is 86.8 Å². The van der Waals surface area contributed by atoms with Gasteiger partial charge in [0.1, 0.15) is 0 Å². The summed E-state index contributed by atoms with van der Waals surface area (Å²) in [7, 11) is -8.23. The molecule has 0 unspecified atom stereocenters. The first kappa shape index (κ1) is 38.7. The fourth-order valence-electron chi connectivity index (χ4n) is 6.23. The van der Waals surface area contributed by atoms with Crippen LogP contribution in [-0.4, -0.2) is 16.8 Å². The maximum Gasteiger partial charge on any atom is 0.264 e. The van der Waals surface area contributed by atoms with Crippen molar-refractivity contribution in [2.75, 3.05) is 8.61 Å². The highest BCUT2D eigenvalue weighted by Gasteiger charge is 2.32. The van der Waals surface area contributed by atoms with Crippen LogP contribution in [0.5, 0.6) is 0 Å². The van der Waals surface area contributed by atoms with Gasteiger partial charge in [0, 0.05) is 30.2 Å². The Morgan fingerprint density at radius 2 is 0.833 bits per heavy atom. The van der Waals surface area contributed by atoms with Gasteiger partial charge in [-0.2, -0.15) is 0 Å². The van der Waals surface area contributed by atoms with Crippen LogP contribution < -0.4 is 8.61 Å². The maximum absolute atomic E-state index is 14.8. The first-order valence-corrected chi connectivity index (χ1v) is 23.5. The molecule has 12 heteroatoms. The molecule has 0 bridgehead atoms. The third-order valence-corrected chi connectivity index (χ3v) is 16.9. The number of anilines is 2. The first-order chi connectivity index (χ1) is 25.9. The number of aryl methyl sites for hydroxylation is 2. The van der Waals surface area contributed by atoms with Crippen LogP contribution in [0, 0.1) is 13.8 Å². The Labute approximate surface area is 343 Å². The number of benzene rings is 6. The largest absolute Gasteiger partial charge is 0.264 e. The third kappa shape index (κ3) is 8.20. The van der Waals surface area contributed by atoms with Crippen molar-refractivity contribution < 1.29 is 16.8 Å². The van der Waals surface area contributed by atoms with Crippen LogP contribution in [0.1, 0.15) is 33.4 Å². The maximum atomic E-state index is 14.8. The molecule has 276 valence electrons. The van der Waals surface area contributed by atoms with Gasteiger partial charge < -0.3 is 0 Å². The van der Waals surface area contributed by atoms with E-state index in [9.17, 15) is 16.8 Å². The highest BCUT2D eigenvalue weighted by Crippen LogP contribution is 2.41. The SMILES string of the molecule is Cc1ccc(S(=O)(=O)N2Cc3cc(Br)c(Br)cc3CN(S(=O)(=O)c3ccc(C)cc3)c3ccccc3SCc3ccccc3CSc3ccccc32)cc1. The van der Waals surface area contributed by atoms with E-state index >= 15 is 0 Å². The summed E-state index contributed by atoms with van der Waals surface area (Å²) in [6, 6.07) is 40.9. The molecule has 0 saturated heterocycles. The molecule has 0 saturated carbocycles. The highest BCUT2D eigenvalue weighted by molar-refractivity contribution is 9.13. The summed E-state index contributed by atoms with van der Waals surface area (Å²) >= 11 is 10.5. The molecule has 1 heterocycles. The molecule has 0 radical (unpaired) electrons. The van der Waals surface area contributed by atoms with Gasteiger partial charge in [0.15, 0.2) is 0 Å². The molecular formula is C42H36Br2N2O4S4. The van der Waals surface area contributed by atoms with Gasteiger partial charge in [-0.25, -0.2) is 16.8 Å². The van der Waals surface area contributed by atoms with Gasteiger partial charge in [-0.1, -0.05) is 83.9 Å². The van der Waals surface area contributed by atoms with Crippen molar-refractivity contribution in [3.63, 3.8) is 0 Å². The Balaban J connectivity index is 1.48. The topological polar surface area (TPSA) is 74.8 Å². The van der Waals surface area contributed by atoms with Gasteiger partial charge in [-0.3, -0.25) is 8.61 Å². The number of halogens is 2. The van der Waals surface area contributed by atoms with Crippen molar-refractivity contribution in [3.05, 3.63) is 176 Å². The molecule has 7 rings (SSSR count). The molecule has 0 atom stereocenters. The van der Waals surface area contributed by atoms with Crippen molar-refractivity contribution in [2.45, 2.75) is 58.0 Å². The Kier molecular flexibility index (Phi) is 11.7. The molecule has 0 amide bonds. The summed E-state index contributed by atoms with van der Waals surface area (Å²) in [5.74, 6) is 1.22. The predicted octanol–water partition coefficient (Wildman–Crippen LogP) is 11.5. The van der Waals surface area contributed by atoms with Gasteiger partial charge in [-0.05, 0) is 129 Å². The summed E-state index contributed by atoms with van der Waals surface area (Å²) in [5.41, 5.74) is 6.51. The standard InChI is InChI=1S/C42H36Br2N2O4S4/c1-29-15-19-35(20-16-29)53(47,48)45-25-33-23-37(43)38(44)24-34(33)26-46(54(49,50)36-21-17-30(2)18-22-36)40-12-6-8-14-42(40)52-28-32-10-4-3-9-31(32)27-51-41-13-7-5-11-39(41)45/h3-24H,25-28H2,1-2H3. The molecule has 0 aromatic heterocycles. The van der Waals surface area contributed by atoms with Gasteiger partial charge in [0.05, 0.1) is 34.3 Å². The lowest BCUT2D eigenvalue weighted by Gasteiger charge is -2.30. The zero-order valence-corrected chi connectivity index (χ0v) is 35.9. The van der Waals surface area contributed by atoms with E-state index in [2.05, 4.69) is 44.0 Å². The number of para-hydroxylation sites is 2. The molecular weight excluding hydrogens is 885 g/mol. The minimum absolute atomic E-state index is 0.0552. The Morgan fingerprint density at radius 1 is 0.481 bits per heavy atom. The van der Waals surface area contributed by atoms with E-state index in [-0.39, 0.29) is 22.9 Å². The van der Waals surface area contributed by atoms with E-state index in [0.717, 1.165) is 32.0 Å². The van der Waals surface area contributed by atoms with Crippen LogP contribution in [0.25, 0.3) is 0 Å². The Morgan fingerprint density at radius 3 is 1.22 bits per heavy atom. The molecule has 1 aliphatic heterocycles. The second kappa shape index (κ2) is 16.3. The number of sulfonamides is 2. The molecule has 6 aromatic rings. The highest BCUT2D eigenvalue weighted by atomic mass is 79.9. The normalized spacial score (nSPS) is 14.1. The number of nitrogens with zero attached hydrogens (tertiary/aromatic N) is 2. The van der Waals surface area contributed by atoms with Crippen molar-refractivity contribution in [1.82, 2.24) is 0 Å². The lowest BCUT2D eigenvalue weighted by molar-refractivity contribution is 0.587. The fraction of sp³-hybridized carbons (Fsp3) is 0.143. The molecule has 0 fully saturated rings. The molecule has 1 aliphatic rings. The van der Waals surface area contributed by atoms with E-state index < -0.39 is 20.0 Å². The molecule has 6 aromatic carbocycles. The van der Waals surface area contributed by atoms with Crippen molar-refractivity contribution in [1.29, 1.82) is 0 Å². The van der Waals surface area contributed by atoms with Crippen molar-refractivity contribution in [2.24, 2.45) is 0 Å². The van der Waals surface area contributed by atoms with Crippen LogP contribution in [0.15, 0.2) is 162 Å². The monoisotopic (exact) mass is 918 g/mol.